The number of carbonyl (C=O) groups is 2. The maximum atomic E-state index is 11.5. The number of carboxylic acids is 1. The lowest BCUT2D eigenvalue weighted by atomic mass is 9.87. The van der Waals surface area contributed by atoms with E-state index in [4.69, 9.17) is 0 Å². The van der Waals surface area contributed by atoms with Crippen LogP contribution in [0.5, 0.6) is 0 Å². The Hall–Kier alpha value is -2.95. The van der Waals surface area contributed by atoms with Crippen LogP contribution in [0.3, 0.4) is 0 Å². The molecule has 5 heteroatoms. The Morgan fingerprint density at radius 1 is 1.24 bits per heavy atom. The molecule has 1 heterocycles. The van der Waals surface area contributed by atoms with E-state index in [1.807, 2.05) is 30.3 Å². The summed E-state index contributed by atoms with van der Waals surface area (Å²) in [6, 6.07) is 11.1. The second-order valence-corrected chi connectivity index (χ2v) is 6.09. The van der Waals surface area contributed by atoms with Crippen molar-refractivity contribution in [1.29, 1.82) is 0 Å². The van der Waals surface area contributed by atoms with Crippen LogP contribution in [-0.4, -0.2) is 27.3 Å². The fourth-order valence-electron chi connectivity index (χ4n) is 3.25. The van der Waals surface area contributed by atoms with E-state index in [-0.39, 0.29) is 5.92 Å². The quantitative estimate of drug-likeness (QED) is 0.627. The molecule has 0 saturated carbocycles. The van der Waals surface area contributed by atoms with Gasteiger partial charge in [-0.3, -0.25) is 4.79 Å². The third-order valence-corrected chi connectivity index (χ3v) is 4.48. The minimum atomic E-state index is -0.936. The summed E-state index contributed by atoms with van der Waals surface area (Å²) in [5.74, 6) is -0.209. The first kappa shape index (κ1) is 16.9. The van der Waals surface area contributed by atoms with Gasteiger partial charge in [0.2, 0.25) is 0 Å². The van der Waals surface area contributed by atoms with Crippen molar-refractivity contribution >= 4 is 23.0 Å². The normalized spacial score (nSPS) is 12.2. The summed E-state index contributed by atoms with van der Waals surface area (Å²) in [4.78, 5) is 30.0. The highest BCUT2D eigenvalue weighted by Crippen LogP contribution is 2.34. The SMILES string of the molecule is CCCCC(c1ncc(C=O)[nH]1)c1ccc(C(=O)O)c2ccccc12. The number of hydrogen-bond donors (Lipinski definition) is 2. The lowest BCUT2D eigenvalue weighted by Crippen LogP contribution is -2.07. The van der Waals surface area contributed by atoms with Gasteiger partial charge in [0.05, 0.1) is 17.5 Å². The molecule has 1 aromatic heterocycles. The van der Waals surface area contributed by atoms with Crippen molar-refractivity contribution in [2.45, 2.75) is 32.1 Å². The Kier molecular flexibility index (Phi) is 4.93. The summed E-state index contributed by atoms with van der Waals surface area (Å²) in [5, 5.41) is 11.1. The fraction of sp³-hybridized carbons (Fsp3) is 0.250. The number of aromatic amines is 1. The molecule has 128 valence electrons. The zero-order valence-corrected chi connectivity index (χ0v) is 14.0. The molecule has 0 fully saturated rings. The molecule has 0 saturated heterocycles. The molecule has 3 aromatic rings. The van der Waals surface area contributed by atoms with Gasteiger partial charge in [-0.15, -0.1) is 0 Å². The van der Waals surface area contributed by atoms with Crippen molar-refractivity contribution in [1.82, 2.24) is 9.97 Å². The Morgan fingerprint density at radius 2 is 2.00 bits per heavy atom. The zero-order valence-electron chi connectivity index (χ0n) is 14.0. The summed E-state index contributed by atoms with van der Waals surface area (Å²) in [5.41, 5.74) is 1.77. The lowest BCUT2D eigenvalue weighted by molar-refractivity contribution is 0.0699. The molecule has 0 amide bonds. The number of H-pyrrole nitrogens is 1. The van der Waals surface area contributed by atoms with Crippen LogP contribution in [-0.2, 0) is 0 Å². The van der Waals surface area contributed by atoms with Crippen molar-refractivity contribution in [3.8, 4) is 0 Å². The molecule has 1 unspecified atom stereocenters. The molecule has 0 aliphatic rings. The van der Waals surface area contributed by atoms with E-state index < -0.39 is 5.97 Å². The monoisotopic (exact) mass is 336 g/mol. The molecule has 0 radical (unpaired) electrons. The van der Waals surface area contributed by atoms with Crippen LogP contribution >= 0.6 is 0 Å². The predicted octanol–water partition coefficient (Wildman–Crippen LogP) is 4.40. The number of rotatable bonds is 7. The number of aromatic carboxylic acids is 1. The van der Waals surface area contributed by atoms with Gasteiger partial charge in [-0.05, 0) is 28.8 Å². The first-order chi connectivity index (χ1) is 12.2. The van der Waals surface area contributed by atoms with E-state index in [0.717, 1.165) is 47.7 Å². The molecule has 0 aliphatic heterocycles. The average molecular weight is 336 g/mol. The number of carbonyl (C=O) groups excluding carboxylic acids is 1. The van der Waals surface area contributed by atoms with Crippen molar-refractivity contribution in [3.05, 3.63) is 65.2 Å². The van der Waals surface area contributed by atoms with Crippen molar-refractivity contribution < 1.29 is 14.7 Å². The largest absolute Gasteiger partial charge is 0.478 e. The first-order valence-corrected chi connectivity index (χ1v) is 8.40. The topological polar surface area (TPSA) is 83.0 Å². The second kappa shape index (κ2) is 7.30. The number of nitrogens with zero attached hydrogens (tertiary/aromatic N) is 1. The highest BCUT2D eigenvalue weighted by atomic mass is 16.4. The van der Waals surface area contributed by atoms with Gasteiger partial charge < -0.3 is 10.1 Å². The molecule has 5 nitrogen and oxygen atoms in total. The summed E-state index contributed by atoms with van der Waals surface area (Å²) in [6.07, 6.45) is 5.21. The number of nitrogens with one attached hydrogen (secondary N) is 1. The number of hydrogen-bond acceptors (Lipinski definition) is 3. The van der Waals surface area contributed by atoms with E-state index in [9.17, 15) is 14.7 Å². The van der Waals surface area contributed by atoms with Crippen molar-refractivity contribution in [3.63, 3.8) is 0 Å². The maximum Gasteiger partial charge on any atom is 0.336 e. The van der Waals surface area contributed by atoms with Gasteiger partial charge in [-0.2, -0.15) is 0 Å². The number of carboxylic acid groups (broad SMARTS) is 1. The number of unbranched alkanes of at least 4 members (excludes halogenated alkanes) is 1. The van der Waals surface area contributed by atoms with Crippen molar-refractivity contribution in [2.75, 3.05) is 0 Å². The molecule has 25 heavy (non-hydrogen) atoms. The third-order valence-electron chi connectivity index (χ3n) is 4.48. The third kappa shape index (κ3) is 3.31. The van der Waals surface area contributed by atoms with E-state index in [1.165, 1.54) is 6.20 Å². The average Bonchev–Trinajstić information content (AvgIpc) is 3.10. The standard InChI is InChI=1S/C20H20N2O3/c1-2-3-6-17(19-21-11-13(12-23)22-19)16-9-10-18(20(24)25)15-8-5-4-7-14(15)16/h4-5,7-12,17H,2-3,6H2,1H3,(H,21,22)(H,24,25). The molecule has 1 atom stereocenters. The number of fused-ring (bicyclic) bond motifs is 1. The van der Waals surface area contributed by atoms with Gasteiger partial charge in [0, 0.05) is 5.92 Å². The van der Waals surface area contributed by atoms with E-state index in [0.29, 0.717) is 11.3 Å². The lowest BCUT2D eigenvalue weighted by Gasteiger charge is -2.18. The van der Waals surface area contributed by atoms with Crippen LogP contribution in [0.15, 0.2) is 42.6 Å². The highest BCUT2D eigenvalue weighted by Gasteiger charge is 2.21. The van der Waals surface area contributed by atoms with E-state index in [1.54, 1.807) is 6.07 Å². The summed E-state index contributed by atoms with van der Waals surface area (Å²) in [6.45, 7) is 2.13. The Bertz CT molecular complexity index is 914. The van der Waals surface area contributed by atoms with Crippen LogP contribution in [0.1, 0.15) is 64.3 Å². The van der Waals surface area contributed by atoms with Crippen LogP contribution < -0.4 is 0 Å². The molecule has 0 bridgehead atoms. The van der Waals surface area contributed by atoms with Crippen LogP contribution in [0.25, 0.3) is 10.8 Å². The van der Waals surface area contributed by atoms with Gasteiger partial charge in [0.15, 0.2) is 6.29 Å². The predicted molar refractivity (Wildman–Crippen MR) is 96.3 cm³/mol. The summed E-state index contributed by atoms with van der Waals surface area (Å²) in [7, 11) is 0. The molecule has 3 rings (SSSR count). The van der Waals surface area contributed by atoms with Gasteiger partial charge in [0.25, 0.3) is 0 Å². The summed E-state index contributed by atoms with van der Waals surface area (Å²) < 4.78 is 0. The minimum absolute atomic E-state index is 0.0126. The van der Waals surface area contributed by atoms with Gasteiger partial charge in [0.1, 0.15) is 5.82 Å². The fourth-order valence-corrected chi connectivity index (χ4v) is 3.25. The minimum Gasteiger partial charge on any atom is -0.478 e. The number of imidazole rings is 1. The molecular weight excluding hydrogens is 316 g/mol. The number of aldehydes is 1. The molecule has 2 N–H and O–H groups in total. The zero-order chi connectivity index (χ0) is 17.8. The first-order valence-electron chi connectivity index (χ1n) is 8.40. The van der Waals surface area contributed by atoms with Crippen LogP contribution in [0.2, 0.25) is 0 Å². The Labute approximate surface area is 145 Å². The van der Waals surface area contributed by atoms with Crippen LogP contribution in [0, 0.1) is 0 Å². The van der Waals surface area contributed by atoms with Crippen LogP contribution in [0.4, 0.5) is 0 Å². The number of aromatic nitrogens is 2. The van der Waals surface area contributed by atoms with Gasteiger partial charge >= 0.3 is 5.97 Å². The Balaban J connectivity index is 2.17. The summed E-state index contributed by atoms with van der Waals surface area (Å²) >= 11 is 0. The number of benzene rings is 2. The van der Waals surface area contributed by atoms with E-state index >= 15 is 0 Å². The molecule has 0 aliphatic carbocycles. The van der Waals surface area contributed by atoms with Gasteiger partial charge in [-0.1, -0.05) is 50.1 Å². The Morgan fingerprint density at radius 3 is 2.64 bits per heavy atom. The second-order valence-electron chi connectivity index (χ2n) is 6.09. The molecular formula is C20H20N2O3. The molecule has 0 spiro atoms. The molecule has 2 aromatic carbocycles. The maximum absolute atomic E-state index is 11.5. The highest BCUT2D eigenvalue weighted by molar-refractivity contribution is 6.04. The smallest absolute Gasteiger partial charge is 0.336 e. The van der Waals surface area contributed by atoms with Gasteiger partial charge in [-0.25, -0.2) is 9.78 Å². The van der Waals surface area contributed by atoms with Crippen molar-refractivity contribution in [2.24, 2.45) is 0 Å². The van der Waals surface area contributed by atoms with E-state index in [2.05, 4.69) is 16.9 Å².